The van der Waals surface area contributed by atoms with Crippen molar-refractivity contribution < 1.29 is 39.5 Å². The Bertz CT molecular complexity index is 406. The van der Waals surface area contributed by atoms with Gasteiger partial charge in [-0.25, -0.2) is 4.39 Å². The fraction of sp³-hybridized carbons (Fsp3) is 1.00. The van der Waals surface area contributed by atoms with Crippen LogP contribution in [0.3, 0.4) is 0 Å². The third-order valence-corrected chi connectivity index (χ3v) is 5.94. The van der Waals surface area contributed by atoms with Gasteiger partial charge in [-0.1, -0.05) is 75.0 Å². The van der Waals surface area contributed by atoms with Gasteiger partial charge in [-0.15, -0.1) is 0 Å². The van der Waals surface area contributed by atoms with Crippen LogP contribution in [-0.2, 0) is 0 Å². The first-order valence-electron chi connectivity index (χ1n) is 8.52. The molecule has 158 valence electrons. The van der Waals surface area contributed by atoms with E-state index < -0.39 is 40.2 Å². The van der Waals surface area contributed by atoms with Gasteiger partial charge in [-0.3, -0.25) is 0 Å². The third kappa shape index (κ3) is 5.80. The molecular formula is C16H24F9I. The summed E-state index contributed by atoms with van der Waals surface area (Å²) in [5.74, 6) is -9.03. The second-order valence-electron chi connectivity index (χ2n) is 6.37. The molecule has 0 spiro atoms. The Hall–Kier alpha value is 0.1000. The third-order valence-electron chi connectivity index (χ3n) is 4.45. The van der Waals surface area contributed by atoms with Crippen LogP contribution in [0.1, 0.15) is 65.2 Å². The molecule has 10 heteroatoms. The summed E-state index contributed by atoms with van der Waals surface area (Å²) in [7, 11) is 0. The highest BCUT2D eigenvalue weighted by Crippen LogP contribution is 2.58. The molecule has 0 heterocycles. The summed E-state index contributed by atoms with van der Waals surface area (Å²) in [6.45, 7) is 2.98. The molecule has 0 saturated carbocycles. The lowest BCUT2D eigenvalue weighted by molar-refractivity contribution is -0.395. The van der Waals surface area contributed by atoms with E-state index in [4.69, 9.17) is 0 Å². The van der Waals surface area contributed by atoms with Gasteiger partial charge in [0.1, 0.15) is 0 Å². The summed E-state index contributed by atoms with van der Waals surface area (Å²) in [6, 6.07) is 0. The molecule has 0 radical (unpaired) electrons. The fourth-order valence-electron chi connectivity index (χ4n) is 2.93. The molecule has 0 aliphatic carbocycles. The maximum Gasteiger partial charge on any atom is 0.457 e. The molecule has 0 bridgehead atoms. The molecule has 26 heavy (non-hydrogen) atoms. The summed E-state index contributed by atoms with van der Waals surface area (Å²) < 4.78 is 117. The molecule has 0 aromatic heterocycles. The zero-order chi connectivity index (χ0) is 20.8. The number of alkyl halides is 10. The molecule has 0 rings (SSSR count). The van der Waals surface area contributed by atoms with Crippen molar-refractivity contribution in [1.82, 2.24) is 0 Å². The number of rotatable bonds is 11. The van der Waals surface area contributed by atoms with E-state index in [9.17, 15) is 39.5 Å². The fourth-order valence-corrected chi connectivity index (χ4v) is 4.38. The minimum Gasteiger partial charge on any atom is -0.226 e. The van der Waals surface area contributed by atoms with Gasteiger partial charge in [-0.05, 0) is 12.8 Å². The standard InChI is InChI=1S/C16H24F9I/c1-3-5-6-7-8-9-10-12(26)11(4-2)13(17,15(20,21)22)14(18,19)16(23,24)25/h11-12H,3-10H2,1-2H3. The first-order valence-corrected chi connectivity index (χ1v) is 9.77. The Morgan fingerprint density at radius 3 is 1.54 bits per heavy atom. The van der Waals surface area contributed by atoms with Crippen molar-refractivity contribution in [3.05, 3.63) is 0 Å². The molecule has 0 aromatic carbocycles. The predicted octanol–water partition coefficient (Wildman–Crippen LogP) is 8.04. The van der Waals surface area contributed by atoms with Crippen LogP contribution in [0, 0.1) is 5.92 Å². The zero-order valence-corrected chi connectivity index (χ0v) is 16.7. The second-order valence-corrected chi connectivity index (χ2v) is 7.97. The highest BCUT2D eigenvalue weighted by molar-refractivity contribution is 14.1. The SMILES string of the molecule is CCCCCCCCC(I)C(CC)C(F)(C(F)(F)F)C(F)(F)C(F)(F)F. The molecule has 0 nitrogen and oxygen atoms in total. The van der Waals surface area contributed by atoms with E-state index in [1.54, 1.807) is 0 Å². The van der Waals surface area contributed by atoms with Crippen molar-refractivity contribution in [1.29, 1.82) is 0 Å². The molecule has 0 aliphatic rings. The van der Waals surface area contributed by atoms with Gasteiger partial charge in [0.25, 0.3) is 5.67 Å². The Kier molecular flexibility index (Phi) is 10.1. The minimum atomic E-state index is -6.64. The second kappa shape index (κ2) is 10.0. The van der Waals surface area contributed by atoms with E-state index in [2.05, 4.69) is 0 Å². The van der Waals surface area contributed by atoms with Crippen LogP contribution in [0.4, 0.5) is 39.5 Å². The molecule has 0 aliphatic heterocycles. The van der Waals surface area contributed by atoms with Gasteiger partial charge in [0.05, 0.1) is 0 Å². The summed E-state index contributed by atoms with van der Waals surface area (Å²) in [5, 5.41) is 0. The van der Waals surface area contributed by atoms with Crippen molar-refractivity contribution in [2.45, 2.75) is 93.1 Å². The summed E-state index contributed by atoms with van der Waals surface area (Å²) in [4.78, 5) is 0. The van der Waals surface area contributed by atoms with Crippen LogP contribution in [0.25, 0.3) is 0 Å². The highest BCUT2D eigenvalue weighted by Gasteiger charge is 2.83. The lowest BCUT2D eigenvalue weighted by atomic mass is 9.77. The largest absolute Gasteiger partial charge is 0.457 e. The Morgan fingerprint density at radius 2 is 1.15 bits per heavy atom. The molecule has 3 atom stereocenters. The Morgan fingerprint density at radius 1 is 0.692 bits per heavy atom. The van der Waals surface area contributed by atoms with Gasteiger partial charge in [-0.2, -0.15) is 35.1 Å². The van der Waals surface area contributed by atoms with Crippen LogP contribution in [-0.4, -0.2) is 27.9 Å². The number of hydrogen-bond donors (Lipinski definition) is 0. The molecule has 0 aromatic rings. The average molecular weight is 514 g/mol. The van der Waals surface area contributed by atoms with Gasteiger partial charge >= 0.3 is 18.3 Å². The Labute approximate surface area is 161 Å². The van der Waals surface area contributed by atoms with Crippen molar-refractivity contribution in [3.8, 4) is 0 Å². The van der Waals surface area contributed by atoms with Crippen molar-refractivity contribution >= 4 is 22.6 Å². The zero-order valence-electron chi connectivity index (χ0n) is 14.6. The van der Waals surface area contributed by atoms with Crippen molar-refractivity contribution in [2.75, 3.05) is 0 Å². The molecule has 0 fully saturated rings. The van der Waals surface area contributed by atoms with E-state index in [0.29, 0.717) is 12.8 Å². The minimum absolute atomic E-state index is 0.0547. The van der Waals surface area contributed by atoms with Crippen LogP contribution in [0.15, 0.2) is 0 Å². The molecule has 3 unspecified atom stereocenters. The average Bonchev–Trinajstić information content (AvgIpc) is 2.48. The van der Waals surface area contributed by atoms with Crippen LogP contribution >= 0.6 is 22.6 Å². The first kappa shape index (κ1) is 26.1. The summed E-state index contributed by atoms with van der Waals surface area (Å²) >= 11 is 1.36. The smallest absolute Gasteiger partial charge is 0.226 e. The topological polar surface area (TPSA) is 0 Å². The van der Waals surface area contributed by atoms with Crippen molar-refractivity contribution in [3.63, 3.8) is 0 Å². The van der Waals surface area contributed by atoms with E-state index in [1.165, 1.54) is 22.6 Å². The molecular weight excluding hydrogens is 490 g/mol. The van der Waals surface area contributed by atoms with Gasteiger partial charge in [0, 0.05) is 9.84 Å². The maximum absolute atomic E-state index is 14.6. The van der Waals surface area contributed by atoms with E-state index in [0.717, 1.165) is 32.6 Å². The summed E-state index contributed by atoms with van der Waals surface area (Å²) in [6.07, 6.45) is -9.23. The van der Waals surface area contributed by atoms with Crippen molar-refractivity contribution in [2.24, 2.45) is 5.92 Å². The lowest BCUT2D eigenvalue weighted by Crippen LogP contribution is -2.67. The number of hydrogen-bond acceptors (Lipinski definition) is 0. The van der Waals surface area contributed by atoms with Gasteiger partial charge in [0.2, 0.25) is 0 Å². The van der Waals surface area contributed by atoms with Crippen LogP contribution < -0.4 is 0 Å². The normalized spacial score (nSPS) is 18.5. The van der Waals surface area contributed by atoms with E-state index >= 15 is 0 Å². The maximum atomic E-state index is 14.6. The van der Waals surface area contributed by atoms with Gasteiger partial charge in [0.15, 0.2) is 0 Å². The number of unbranched alkanes of at least 4 members (excludes halogenated alkanes) is 5. The van der Waals surface area contributed by atoms with Gasteiger partial charge < -0.3 is 0 Å². The monoisotopic (exact) mass is 514 g/mol. The number of halogens is 10. The van der Waals surface area contributed by atoms with Crippen LogP contribution in [0.2, 0.25) is 0 Å². The first-order chi connectivity index (χ1) is 11.7. The van der Waals surface area contributed by atoms with E-state index in [-0.39, 0.29) is 6.42 Å². The lowest BCUT2D eigenvalue weighted by Gasteiger charge is -2.42. The highest BCUT2D eigenvalue weighted by atomic mass is 127. The van der Waals surface area contributed by atoms with Crippen LogP contribution in [0.5, 0.6) is 0 Å². The molecule has 0 amide bonds. The van der Waals surface area contributed by atoms with E-state index in [1.807, 2.05) is 6.92 Å². The quantitative estimate of drug-likeness (QED) is 0.113. The summed E-state index contributed by atoms with van der Waals surface area (Å²) in [5.41, 5.74) is -5.67. The molecule has 0 saturated heterocycles. The predicted molar refractivity (Wildman–Crippen MR) is 90.5 cm³/mol. The Balaban J connectivity index is 5.39. The molecule has 0 N–H and O–H groups in total.